The van der Waals surface area contributed by atoms with Crippen molar-refractivity contribution >= 4 is 24.0 Å². The fourth-order valence-corrected chi connectivity index (χ4v) is 2.50. The number of amides is 3. The summed E-state index contributed by atoms with van der Waals surface area (Å²) in [7, 11) is 0. The fraction of sp³-hybridized carbons (Fsp3) is 0.105. The average Bonchev–Trinajstić information content (AvgIpc) is 2.89. The molecule has 1 saturated heterocycles. The van der Waals surface area contributed by atoms with Gasteiger partial charge in [-0.1, -0.05) is 48.5 Å². The SMILES string of the molecule is O=C([O-])COc1ccccc1/C=C1/NC(=O)N(Cc2ccccc2)C1=O. The highest BCUT2D eigenvalue weighted by Gasteiger charge is 2.33. The minimum atomic E-state index is -1.35. The van der Waals surface area contributed by atoms with Crippen molar-refractivity contribution in [2.45, 2.75) is 6.54 Å². The molecule has 7 nitrogen and oxygen atoms in total. The number of urea groups is 1. The molecule has 0 saturated carbocycles. The first-order valence-electron chi connectivity index (χ1n) is 7.85. The van der Waals surface area contributed by atoms with E-state index in [0.717, 1.165) is 10.5 Å². The van der Waals surface area contributed by atoms with Gasteiger partial charge in [0.25, 0.3) is 5.91 Å². The summed E-state index contributed by atoms with van der Waals surface area (Å²) in [5.74, 6) is -1.55. The van der Waals surface area contributed by atoms with Gasteiger partial charge in [-0.05, 0) is 17.7 Å². The molecule has 132 valence electrons. The van der Waals surface area contributed by atoms with Crippen molar-refractivity contribution in [3.8, 4) is 5.75 Å². The van der Waals surface area contributed by atoms with Crippen LogP contribution in [0.3, 0.4) is 0 Å². The number of ether oxygens (including phenoxy) is 1. The third-order valence-electron chi connectivity index (χ3n) is 3.71. The third kappa shape index (κ3) is 3.89. The second-order valence-electron chi connectivity index (χ2n) is 5.56. The molecule has 3 rings (SSSR count). The molecule has 1 heterocycles. The number of hydrogen-bond acceptors (Lipinski definition) is 5. The fourth-order valence-electron chi connectivity index (χ4n) is 2.50. The van der Waals surface area contributed by atoms with Gasteiger partial charge in [-0.2, -0.15) is 0 Å². The van der Waals surface area contributed by atoms with Gasteiger partial charge in [-0.3, -0.25) is 9.69 Å². The quantitative estimate of drug-likeness (QED) is 0.616. The molecule has 7 heteroatoms. The van der Waals surface area contributed by atoms with Crippen LogP contribution < -0.4 is 15.2 Å². The van der Waals surface area contributed by atoms with Gasteiger partial charge < -0.3 is 20.0 Å². The lowest BCUT2D eigenvalue weighted by Crippen LogP contribution is -2.30. The molecular weight excluding hydrogens is 336 g/mol. The van der Waals surface area contributed by atoms with Crippen molar-refractivity contribution in [2.75, 3.05) is 6.61 Å². The Morgan fingerprint density at radius 2 is 1.77 bits per heavy atom. The van der Waals surface area contributed by atoms with E-state index in [0.29, 0.717) is 5.56 Å². The molecule has 0 aromatic heterocycles. The van der Waals surface area contributed by atoms with Gasteiger partial charge in [0.05, 0.1) is 12.5 Å². The highest BCUT2D eigenvalue weighted by atomic mass is 16.5. The number of carbonyl (C=O) groups excluding carboxylic acids is 3. The molecule has 1 fully saturated rings. The summed E-state index contributed by atoms with van der Waals surface area (Å²) in [4.78, 5) is 36.3. The Balaban J connectivity index is 1.81. The second-order valence-corrected chi connectivity index (χ2v) is 5.56. The minimum Gasteiger partial charge on any atom is -0.546 e. The van der Waals surface area contributed by atoms with E-state index in [1.54, 1.807) is 24.3 Å². The molecule has 26 heavy (non-hydrogen) atoms. The summed E-state index contributed by atoms with van der Waals surface area (Å²) in [5.41, 5.74) is 1.39. The Kier molecular flexibility index (Phi) is 4.98. The summed E-state index contributed by atoms with van der Waals surface area (Å²) >= 11 is 0. The molecule has 3 amide bonds. The highest BCUT2D eigenvalue weighted by molar-refractivity contribution is 6.14. The molecule has 2 aromatic carbocycles. The first-order chi connectivity index (χ1) is 12.5. The number of para-hydroxylation sites is 1. The van der Waals surface area contributed by atoms with Crippen LogP contribution in [0.2, 0.25) is 0 Å². The predicted molar refractivity (Wildman–Crippen MR) is 90.4 cm³/mol. The van der Waals surface area contributed by atoms with Crippen molar-refractivity contribution in [2.24, 2.45) is 0 Å². The molecule has 0 radical (unpaired) electrons. The maximum absolute atomic E-state index is 12.5. The summed E-state index contributed by atoms with van der Waals surface area (Å²) in [5, 5.41) is 13.1. The van der Waals surface area contributed by atoms with E-state index in [4.69, 9.17) is 4.74 Å². The van der Waals surface area contributed by atoms with Crippen LogP contribution in [0.4, 0.5) is 4.79 Å². The van der Waals surface area contributed by atoms with Gasteiger partial charge in [-0.15, -0.1) is 0 Å². The average molecular weight is 351 g/mol. The van der Waals surface area contributed by atoms with E-state index < -0.39 is 24.5 Å². The summed E-state index contributed by atoms with van der Waals surface area (Å²) < 4.78 is 5.15. The molecule has 0 aliphatic carbocycles. The minimum absolute atomic E-state index is 0.0930. The van der Waals surface area contributed by atoms with E-state index in [-0.39, 0.29) is 18.0 Å². The van der Waals surface area contributed by atoms with Crippen LogP contribution in [-0.4, -0.2) is 29.4 Å². The maximum Gasteiger partial charge on any atom is 0.329 e. The highest BCUT2D eigenvalue weighted by Crippen LogP contribution is 2.23. The Labute approximate surface area is 149 Å². The number of imide groups is 1. The number of nitrogens with zero attached hydrogens (tertiary/aromatic N) is 1. The number of hydrogen-bond donors (Lipinski definition) is 1. The van der Waals surface area contributed by atoms with E-state index >= 15 is 0 Å². The molecular formula is C19H15N2O5-. The van der Waals surface area contributed by atoms with Crippen LogP contribution in [-0.2, 0) is 16.1 Å². The molecule has 0 bridgehead atoms. The summed E-state index contributed by atoms with van der Waals surface area (Å²) in [6.45, 7) is -0.452. The van der Waals surface area contributed by atoms with Crippen LogP contribution >= 0.6 is 0 Å². The van der Waals surface area contributed by atoms with Gasteiger partial charge in [0.15, 0.2) is 0 Å². The molecule has 0 unspecified atom stereocenters. The Hall–Kier alpha value is -3.61. The van der Waals surface area contributed by atoms with Gasteiger partial charge >= 0.3 is 6.03 Å². The maximum atomic E-state index is 12.5. The molecule has 1 aliphatic rings. The zero-order valence-electron chi connectivity index (χ0n) is 13.7. The van der Waals surface area contributed by atoms with Crippen molar-refractivity contribution < 1.29 is 24.2 Å². The van der Waals surface area contributed by atoms with Gasteiger partial charge in [0.1, 0.15) is 18.1 Å². The van der Waals surface area contributed by atoms with Crippen molar-refractivity contribution in [3.63, 3.8) is 0 Å². The molecule has 1 N–H and O–H groups in total. The van der Waals surface area contributed by atoms with Crippen molar-refractivity contribution in [3.05, 3.63) is 71.4 Å². The van der Waals surface area contributed by atoms with E-state index in [1.807, 2.05) is 30.3 Å². The standard InChI is InChI=1S/C19H16N2O5/c22-17(23)12-26-16-9-5-4-8-14(16)10-15-18(24)21(19(25)20-15)11-13-6-2-1-3-7-13/h1-10H,11-12H2,(H,20,25)(H,22,23)/p-1/b15-10+. The Bertz CT molecular complexity index is 877. The number of carboxylic acid groups (broad SMARTS) is 1. The van der Waals surface area contributed by atoms with Gasteiger partial charge in [0, 0.05) is 5.56 Å². The smallest absolute Gasteiger partial charge is 0.329 e. The van der Waals surface area contributed by atoms with Gasteiger partial charge in [-0.25, -0.2) is 4.79 Å². The number of benzene rings is 2. The monoisotopic (exact) mass is 351 g/mol. The van der Waals surface area contributed by atoms with Crippen LogP contribution in [0.5, 0.6) is 5.75 Å². The third-order valence-corrected chi connectivity index (χ3v) is 3.71. The number of carbonyl (C=O) groups is 3. The Morgan fingerprint density at radius 1 is 1.08 bits per heavy atom. The first kappa shape index (κ1) is 17.2. The Morgan fingerprint density at radius 3 is 2.50 bits per heavy atom. The first-order valence-corrected chi connectivity index (χ1v) is 7.85. The van der Waals surface area contributed by atoms with E-state index in [2.05, 4.69) is 5.32 Å². The number of carboxylic acids is 1. The van der Waals surface area contributed by atoms with E-state index in [1.165, 1.54) is 6.08 Å². The second kappa shape index (κ2) is 7.52. The number of rotatable bonds is 6. The topological polar surface area (TPSA) is 98.8 Å². The molecule has 0 spiro atoms. The molecule has 2 aromatic rings. The largest absolute Gasteiger partial charge is 0.546 e. The summed E-state index contributed by atoms with van der Waals surface area (Å²) in [6, 6.07) is 15.2. The molecule has 1 aliphatic heterocycles. The van der Waals surface area contributed by atoms with Crippen LogP contribution in [0, 0.1) is 0 Å². The van der Waals surface area contributed by atoms with Crippen molar-refractivity contribution in [1.82, 2.24) is 10.2 Å². The zero-order chi connectivity index (χ0) is 18.5. The van der Waals surface area contributed by atoms with E-state index in [9.17, 15) is 19.5 Å². The summed E-state index contributed by atoms with van der Waals surface area (Å²) in [6.07, 6.45) is 1.45. The van der Waals surface area contributed by atoms with Crippen molar-refractivity contribution in [1.29, 1.82) is 0 Å². The van der Waals surface area contributed by atoms with Crippen LogP contribution in [0.1, 0.15) is 11.1 Å². The lowest BCUT2D eigenvalue weighted by Gasteiger charge is -2.11. The predicted octanol–water partition coefficient (Wildman–Crippen LogP) is 0.908. The molecule has 0 atom stereocenters. The lowest BCUT2D eigenvalue weighted by atomic mass is 10.1. The zero-order valence-corrected chi connectivity index (χ0v) is 13.7. The van der Waals surface area contributed by atoms with Crippen LogP contribution in [0.25, 0.3) is 6.08 Å². The number of nitrogens with one attached hydrogen (secondary N) is 1. The van der Waals surface area contributed by atoms with Gasteiger partial charge in [0.2, 0.25) is 0 Å². The normalized spacial score (nSPS) is 15.2. The number of aliphatic carboxylic acids is 1. The lowest BCUT2D eigenvalue weighted by molar-refractivity contribution is -0.307. The van der Waals surface area contributed by atoms with Crippen LogP contribution in [0.15, 0.2) is 60.3 Å².